The summed E-state index contributed by atoms with van der Waals surface area (Å²) in [4.78, 5) is 17.4. The molecule has 2 rings (SSSR count). The Morgan fingerprint density at radius 2 is 2.36 bits per heavy atom. The Morgan fingerprint density at radius 3 is 3.07 bits per heavy atom. The molecule has 5 heteroatoms. The van der Waals surface area contributed by atoms with Crippen LogP contribution >= 0.6 is 0 Å². The van der Waals surface area contributed by atoms with Gasteiger partial charge in [0, 0.05) is 11.3 Å². The Balaban J connectivity index is 2.42. The normalized spacial score (nSPS) is 20.5. The number of nitrogens with one attached hydrogen (secondary N) is 1. The molecular weight excluding hydrogens is 180 g/mol. The van der Waals surface area contributed by atoms with E-state index in [2.05, 4.69) is 9.97 Å². The van der Waals surface area contributed by atoms with E-state index in [-0.39, 0.29) is 5.69 Å². The fraction of sp³-hybridized carbons (Fsp3) is 0.556. The molecule has 1 aliphatic carbocycles. The third-order valence-electron chi connectivity index (χ3n) is 2.78. The largest absolute Gasteiger partial charge is 0.383 e. The van der Waals surface area contributed by atoms with E-state index in [9.17, 15) is 4.79 Å². The highest BCUT2D eigenvalue weighted by molar-refractivity contribution is 5.42. The summed E-state index contributed by atoms with van der Waals surface area (Å²) in [6, 6.07) is 0. The zero-order chi connectivity index (χ0) is 10.1. The predicted octanol–water partition coefficient (Wildman–Crippen LogP) is -0.584. The Kier molecular flexibility index (Phi) is 2.25. The maximum Gasteiger partial charge on any atom is 0.347 e. The highest BCUT2D eigenvalue weighted by atomic mass is 16.1. The number of rotatable bonds is 1. The number of hydrogen-bond acceptors (Lipinski definition) is 4. The SMILES string of the molecule is NCC1CCc2[nH]c(=O)nc(N)c2C1. The van der Waals surface area contributed by atoms with E-state index >= 15 is 0 Å². The molecule has 0 saturated carbocycles. The van der Waals surface area contributed by atoms with E-state index in [0.717, 1.165) is 30.5 Å². The maximum absolute atomic E-state index is 11.0. The number of fused-ring (bicyclic) bond motifs is 1. The van der Waals surface area contributed by atoms with Crippen LogP contribution in [-0.2, 0) is 12.8 Å². The Hall–Kier alpha value is -1.36. The molecule has 1 aromatic heterocycles. The molecule has 1 unspecified atom stereocenters. The predicted molar refractivity (Wildman–Crippen MR) is 53.8 cm³/mol. The van der Waals surface area contributed by atoms with Gasteiger partial charge in [-0.25, -0.2) is 4.79 Å². The molecule has 0 bridgehead atoms. The van der Waals surface area contributed by atoms with Crippen LogP contribution in [0.25, 0.3) is 0 Å². The minimum absolute atomic E-state index is 0.354. The second kappa shape index (κ2) is 3.42. The lowest BCUT2D eigenvalue weighted by Gasteiger charge is -2.23. The zero-order valence-corrected chi connectivity index (χ0v) is 7.92. The molecule has 0 aliphatic heterocycles. The monoisotopic (exact) mass is 194 g/mol. The van der Waals surface area contributed by atoms with Crippen molar-refractivity contribution in [2.75, 3.05) is 12.3 Å². The molecule has 5 N–H and O–H groups in total. The zero-order valence-electron chi connectivity index (χ0n) is 7.92. The lowest BCUT2D eigenvalue weighted by molar-refractivity contribution is 0.462. The maximum atomic E-state index is 11.0. The van der Waals surface area contributed by atoms with Crippen LogP contribution in [-0.4, -0.2) is 16.5 Å². The number of hydrogen-bond donors (Lipinski definition) is 3. The van der Waals surface area contributed by atoms with Gasteiger partial charge in [-0.2, -0.15) is 4.98 Å². The van der Waals surface area contributed by atoms with Crippen LogP contribution in [0.3, 0.4) is 0 Å². The highest BCUT2D eigenvalue weighted by Gasteiger charge is 2.20. The van der Waals surface area contributed by atoms with Gasteiger partial charge in [0.05, 0.1) is 0 Å². The van der Waals surface area contributed by atoms with Gasteiger partial charge in [-0.3, -0.25) is 0 Å². The molecule has 0 aromatic carbocycles. The fourth-order valence-electron chi connectivity index (χ4n) is 1.95. The van der Waals surface area contributed by atoms with Gasteiger partial charge in [0.15, 0.2) is 0 Å². The fourth-order valence-corrected chi connectivity index (χ4v) is 1.95. The molecule has 1 atom stereocenters. The first-order chi connectivity index (χ1) is 6.70. The molecule has 76 valence electrons. The molecule has 14 heavy (non-hydrogen) atoms. The number of nitrogens with two attached hydrogens (primary N) is 2. The summed E-state index contributed by atoms with van der Waals surface area (Å²) < 4.78 is 0. The van der Waals surface area contributed by atoms with Crippen molar-refractivity contribution in [3.8, 4) is 0 Å². The van der Waals surface area contributed by atoms with Crippen molar-refractivity contribution >= 4 is 5.82 Å². The van der Waals surface area contributed by atoms with Gasteiger partial charge >= 0.3 is 5.69 Å². The summed E-state index contributed by atoms with van der Waals surface area (Å²) in [5.74, 6) is 0.833. The van der Waals surface area contributed by atoms with E-state index in [4.69, 9.17) is 11.5 Å². The summed E-state index contributed by atoms with van der Waals surface area (Å²) in [5, 5.41) is 0. The second-order valence-electron chi connectivity index (χ2n) is 3.73. The molecule has 0 amide bonds. The van der Waals surface area contributed by atoms with Gasteiger partial charge in [-0.1, -0.05) is 0 Å². The summed E-state index contributed by atoms with van der Waals surface area (Å²) >= 11 is 0. The van der Waals surface area contributed by atoms with Gasteiger partial charge in [0.2, 0.25) is 0 Å². The molecular formula is C9H14N4O. The van der Waals surface area contributed by atoms with Crippen LogP contribution < -0.4 is 17.2 Å². The third-order valence-corrected chi connectivity index (χ3v) is 2.78. The molecule has 0 fully saturated rings. The molecule has 1 aliphatic rings. The van der Waals surface area contributed by atoms with E-state index < -0.39 is 0 Å². The van der Waals surface area contributed by atoms with Crippen molar-refractivity contribution in [2.45, 2.75) is 19.3 Å². The first-order valence-electron chi connectivity index (χ1n) is 4.78. The summed E-state index contributed by atoms with van der Waals surface area (Å²) in [7, 11) is 0. The first kappa shape index (κ1) is 9.21. The van der Waals surface area contributed by atoms with Crippen LogP contribution in [0.1, 0.15) is 17.7 Å². The standard InChI is InChI=1S/C9H14N4O/c10-4-5-1-2-7-6(3-5)8(11)13-9(14)12-7/h5H,1-4,10H2,(H3,11,12,13,14). The number of nitrogens with zero attached hydrogens (tertiary/aromatic N) is 1. The quantitative estimate of drug-likeness (QED) is 0.557. The van der Waals surface area contributed by atoms with Crippen LogP contribution in [0.4, 0.5) is 5.82 Å². The van der Waals surface area contributed by atoms with Crippen molar-refractivity contribution in [1.82, 2.24) is 9.97 Å². The van der Waals surface area contributed by atoms with Crippen molar-refractivity contribution in [1.29, 1.82) is 0 Å². The summed E-state index contributed by atoms with van der Waals surface area (Å²) in [6.07, 6.45) is 2.70. The summed E-state index contributed by atoms with van der Waals surface area (Å²) in [5.41, 5.74) is 12.9. The first-order valence-corrected chi connectivity index (χ1v) is 4.78. The molecule has 1 heterocycles. The van der Waals surface area contributed by atoms with E-state index in [1.807, 2.05) is 0 Å². The van der Waals surface area contributed by atoms with Crippen LogP contribution in [0.2, 0.25) is 0 Å². The van der Waals surface area contributed by atoms with Crippen molar-refractivity contribution in [3.63, 3.8) is 0 Å². The molecule has 1 aromatic rings. The topological polar surface area (TPSA) is 97.8 Å². The minimum atomic E-state index is -0.354. The van der Waals surface area contributed by atoms with Crippen LogP contribution in [0.15, 0.2) is 4.79 Å². The van der Waals surface area contributed by atoms with Gasteiger partial charge in [-0.05, 0) is 31.7 Å². The van der Waals surface area contributed by atoms with Crippen molar-refractivity contribution in [3.05, 3.63) is 21.7 Å². The third kappa shape index (κ3) is 1.50. The number of H-pyrrole nitrogens is 1. The number of aromatic amines is 1. The highest BCUT2D eigenvalue weighted by Crippen LogP contribution is 2.25. The van der Waals surface area contributed by atoms with Gasteiger partial charge in [0.1, 0.15) is 5.82 Å². The van der Waals surface area contributed by atoms with Crippen molar-refractivity contribution < 1.29 is 0 Å². The number of aryl methyl sites for hydroxylation is 1. The molecule has 5 nitrogen and oxygen atoms in total. The average molecular weight is 194 g/mol. The number of nitrogen functional groups attached to an aromatic ring is 1. The number of aromatic nitrogens is 2. The average Bonchev–Trinajstić information content (AvgIpc) is 2.17. The lowest BCUT2D eigenvalue weighted by Crippen LogP contribution is -2.27. The van der Waals surface area contributed by atoms with Gasteiger partial charge < -0.3 is 16.5 Å². The van der Waals surface area contributed by atoms with Gasteiger partial charge in [-0.15, -0.1) is 0 Å². The lowest BCUT2D eigenvalue weighted by atomic mass is 9.87. The van der Waals surface area contributed by atoms with Crippen LogP contribution in [0.5, 0.6) is 0 Å². The minimum Gasteiger partial charge on any atom is -0.383 e. The second-order valence-corrected chi connectivity index (χ2v) is 3.73. The Bertz CT molecular complexity index is 398. The van der Waals surface area contributed by atoms with E-state index in [0.29, 0.717) is 18.3 Å². The molecule has 0 radical (unpaired) electrons. The van der Waals surface area contributed by atoms with Crippen molar-refractivity contribution in [2.24, 2.45) is 11.7 Å². The number of anilines is 1. The smallest absolute Gasteiger partial charge is 0.347 e. The summed E-state index contributed by atoms with van der Waals surface area (Å²) in [6.45, 7) is 0.665. The van der Waals surface area contributed by atoms with E-state index in [1.165, 1.54) is 0 Å². The van der Waals surface area contributed by atoms with E-state index in [1.54, 1.807) is 0 Å². The van der Waals surface area contributed by atoms with Gasteiger partial charge in [0.25, 0.3) is 0 Å². The molecule has 0 saturated heterocycles. The Morgan fingerprint density at radius 1 is 1.57 bits per heavy atom. The van der Waals surface area contributed by atoms with Crippen LogP contribution in [0, 0.1) is 5.92 Å². The Labute approximate surface area is 81.5 Å². The molecule has 0 spiro atoms.